The van der Waals surface area contributed by atoms with Crippen LogP contribution in [0.3, 0.4) is 0 Å². The van der Waals surface area contributed by atoms with Crippen molar-refractivity contribution in [2.45, 2.75) is 13.8 Å². The highest BCUT2D eigenvalue weighted by Crippen LogP contribution is 2.16. The van der Waals surface area contributed by atoms with Crippen LogP contribution in [0.25, 0.3) is 0 Å². The van der Waals surface area contributed by atoms with Crippen LogP contribution in [0.5, 0.6) is 0 Å². The molecule has 0 fully saturated rings. The van der Waals surface area contributed by atoms with E-state index >= 15 is 0 Å². The standard InChI is InChI=1S/C14H24N2/c1-12(2)13(10-15-3)11-16(4)14-8-6-5-7-9-14/h5-9,12-13,15H,10-11H2,1-4H3. The molecule has 1 atom stereocenters. The van der Waals surface area contributed by atoms with Gasteiger partial charge in [0.05, 0.1) is 0 Å². The second-order valence-corrected chi connectivity index (χ2v) is 4.78. The Hall–Kier alpha value is -1.02. The van der Waals surface area contributed by atoms with Crippen LogP contribution >= 0.6 is 0 Å². The Morgan fingerprint density at radius 2 is 1.81 bits per heavy atom. The average molecular weight is 220 g/mol. The first-order valence-corrected chi connectivity index (χ1v) is 6.06. The lowest BCUT2D eigenvalue weighted by atomic mass is 9.95. The van der Waals surface area contributed by atoms with E-state index in [9.17, 15) is 0 Å². The van der Waals surface area contributed by atoms with E-state index < -0.39 is 0 Å². The molecule has 0 aliphatic carbocycles. The van der Waals surface area contributed by atoms with Gasteiger partial charge < -0.3 is 10.2 Å². The number of anilines is 1. The molecule has 0 amide bonds. The Kier molecular flexibility index (Phi) is 5.33. The molecule has 1 N–H and O–H groups in total. The molecule has 2 heteroatoms. The Morgan fingerprint density at radius 3 is 2.31 bits per heavy atom. The van der Waals surface area contributed by atoms with Crippen molar-refractivity contribution in [3.8, 4) is 0 Å². The van der Waals surface area contributed by atoms with Gasteiger partial charge in [0.15, 0.2) is 0 Å². The highest BCUT2D eigenvalue weighted by Gasteiger charge is 2.14. The summed E-state index contributed by atoms with van der Waals surface area (Å²) in [5.74, 6) is 1.40. The Labute approximate surface area is 99.7 Å². The first-order valence-electron chi connectivity index (χ1n) is 6.06. The van der Waals surface area contributed by atoms with Crippen LogP contribution in [0.1, 0.15) is 13.8 Å². The Morgan fingerprint density at radius 1 is 1.19 bits per heavy atom. The molecule has 1 rings (SSSR count). The monoisotopic (exact) mass is 220 g/mol. The summed E-state index contributed by atoms with van der Waals surface area (Å²) < 4.78 is 0. The predicted molar refractivity (Wildman–Crippen MR) is 72.0 cm³/mol. The van der Waals surface area contributed by atoms with Gasteiger partial charge in [-0.3, -0.25) is 0 Å². The summed E-state index contributed by atoms with van der Waals surface area (Å²) >= 11 is 0. The van der Waals surface area contributed by atoms with E-state index in [0.717, 1.165) is 13.1 Å². The van der Waals surface area contributed by atoms with E-state index in [1.807, 2.05) is 7.05 Å². The van der Waals surface area contributed by atoms with Crippen molar-refractivity contribution in [2.24, 2.45) is 11.8 Å². The Bertz CT molecular complexity index is 282. The molecular formula is C14H24N2. The third-order valence-corrected chi connectivity index (χ3v) is 3.11. The van der Waals surface area contributed by atoms with Gasteiger partial charge in [-0.15, -0.1) is 0 Å². The molecule has 0 aliphatic rings. The van der Waals surface area contributed by atoms with Crippen LogP contribution in [0.2, 0.25) is 0 Å². The van der Waals surface area contributed by atoms with E-state index in [1.54, 1.807) is 0 Å². The maximum absolute atomic E-state index is 3.28. The van der Waals surface area contributed by atoms with Gasteiger partial charge in [0.2, 0.25) is 0 Å². The predicted octanol–water partition coefficient (Wildman–Crippen LogP) is 2.61. The normalized spacial score (nSPS) is 12.8. The van der Waals surface area contributed by atoms with Gasteiger partial charge in [0.1, 0.15) is 0 Å². The van der Waals surface area contributed by atoms with Crippen LogP contribution in [0, 0.1) is 11.8 Å². The lowest BCUT2D eigenvalue weighted by molar-refractivity contribution is 0.376. The highest BCUT2D eigenvalue weighted by molar-refractivity contribution is 5.44. The molecular weight excluding hydrogens is 196 g/mol. The van der Waals surface area contributed by atoms with Gasteiger partial charge in [-0.2, -0.15) is 0 Å². The molecule has 0 aliphatic heterocycles. The first-order chi connectivity index (χ1) is 7.65. The van der Waals surface area contributed by atoms with Crippen LogP contribution in [0.15, 0.2) is 30.3 Å². The summed E-state index contributed by atoms with van der Waals surface area (Å²) in [5, 5.41) is 3.28. The third-order valence-electron chi connectivity index (χ3n) is 3.11. The molecule has 0 aromatic heterocycles. The molecule has 1 aromatic rings. The lowest BCUT2D eigenvalue weighted by Crippen LogP contribution is -2.34. The molecule has 0 saturated carbocycles. The molecule has 0 bridgehead atoms. The molecule has 1 aromatic carbocycles. The molecule has 0 radical (unpaired) electrons. The Balaban J connectivity index is 2.58. The fourth-order valence-corrected chi connectivity index (χ4v) is 1.91. The smallest absolute Gasteiger partial charge is 0.0363 e. The average Bonchev–Trinajstić information content (AvgIpc) is 2.29. The summed E-state index contributed by atoms with van der Waals surface area (Å²) in [7, 11) is 4.19. The molecule has 0 saturated heterocycles. The lowest BCUT2D eigenvalue weighted by Gasteiger charge is -2.28. The van der Waals surface area contributed by atoms with Crippen molar-refractivity contribution >= 4 is 5.69 Å². The fourth-order valence-electron chi connectivity index (χ4n) is 1.91. The molecule has 0 spiro atoms. The number of para-hydroxylation sites is 1. The summed E-state index contributed by atoms with van der Waals surface area (Å²) in [5.41, 5.74) is 1.30. The summed E-state index contributed by atoms with van der Waals surface area (Å²) in [4.78, 5) is 2.34. The second-order valence-electron chi connectivity index (χ2n) is 4.78. The number of hydrogen-bond acceptors (Lipinski definition) is 2. The first kappa shape index (κ1) is 13.0. The minimum absolute atomic E-state index is 0.690. The second kappa shape index (κ2) is 6.54. The van der Waals surface area contributed by atoms with E-state index in [-0.39, 0.29) is 0 Å². The van der Waals surface area contributed by atoms with Gasteiger partial charge in [0, 0.05) is 19.3 Å². The summed E-state index contributed by atoms with van der Waals surface area (Å²) in [6.45, 7) is 6.76. The van der Waals surface area contributed by atoms with Crippen molar-refractivity contribution in [3.63, 3.8) is 0 Å². The fraction of sp³-hybridized carbons (Fsp3) is 0.571. The van der Waals surface area contributed by atoms with Crippen LogP contribution in [-0.4, -0.2) is 27.2 Å². The summed E-state index contributed by atoms with van der Waals surface area (Å²) in [6.07, 6.45) is 0. The number of nitrogens with one attached hydrogen (secondary N) is 1. The van der Waals surface area contributed by atoms with Crippen molar-refractivity contribution < 1.29 is 0 Å². The van der Waals surface area contributed by atoms with Crippen molar-refractivity contribution in [1.82, 2.24) is 5.32 Å². The van der Waals surface area contributed by atoms with Crippen LogP contribution in [-0.2, 0) is 0 Å². The highest BCUT2D eigenvalue weighted by atomic mass is 15.1. The molecule has 90 valence electrons. The summed E-state index contributed by atoms with van der Waals surface area (Å²) in [6, 6.07) is 10.6. The molecule has 0 heterocycles. The number of benzene rings is 1. The quantitative estimate of drug-likeness (QED) is 0.793. The minimum atomic E-state index is 0.690. The van der Waals surface area contributed by atoms with E-state index in [1.165, 1.54) is 5.69 Å². The molecule has 1 unspecified atom stereocenters. The minimum Gasteiger partial charge on any atom is -0.374 e. The van der Waals surface area contributed by atoms with Gasteiger partial charge in [-0.05, 0) is 37.6 Å². The SMILES string of the molecule is CNCC(CN(C)c1ccccc1)C(C)C. The van der Waals surface area contributed by atoms with E-state index in [2.05, 4.69) is 61.4 Å². The van der Waals surface area contributed by atoms with E-state index in [4.69, 9.17) is 0 Å². The van der Waals surface area contributed by atoms with Gasteiger partial charge >= 0.3 is 0 Å². The van der Waals surface area contributed by atoms with Crippen molar-refractivity contribution in [2.75, 3.05) is 32.1 Å². The van der Waals surface area contributed by atoms with Gasteiger partial charge in [-0.1, -0.05) is 32.0 Å². The van der Waals surface area contributed by atoms with Gasteiger partial charge in [0.25, 0.3) is 0 Å². The third kappa shape index (κ3) is 3.86. The maximum Gasteiger partial charge on any atom is 0.0363 e. The number of nitrogens with zero attached hydrogens (tertiary/aromatic N) is 1. The molecule has 2 nitrogen and oxygen atoms in total. The topological polar surface area (TPSA) is 15.3 Å². The zero-order valence-electron chi connectivity index (χ0n) is 10.9. The van der Waals surface area contributed by atoms with Crippen LogP contribution < -0.4 is 10.2 Å². The zero-order valence-corrected chi connectivity index (χ0v) is 10.9. The van der Waals surface area contributed by atoms with E-state index in [0.29, 0.717) is 11.8 Å². The number of hydrogen-bond donors (Lipinski definition) is 1. The van der Waals surface area contributed by atoms with Crippen LogP contribution in [0.4, 0.5) is 5.69 Å². The molecule has 16 heavy (non-hydrogen) atoms. The number of rotatable bonds is 6. The van der Waals surface area contributed by atoms with Crippen molar-refractivity contribution in [1.29, 1.82) is 0 Å². The largest absolute Gasteiger partial charge is 0.374 e. The zero-order chi connectivity index (χ0) is 12.0. The van der Waals surface area contributed by atoms with Crippen molar-refractivity contribution in [3.05, 3.63) is 30.3 Å². The van der Waals surface area contributed by atoms with Gasteiger partial charge in [-0.25, -0.2) is 0 Å². The maximum atomic E-state index is 3.28.